The Hall–Kier alpha value is -2.74. The van der Waals surface area contributed by atoms with Gasteiger partial charge in [0.2, 0.25) is 0 Å². The molecular weight excluding hydrogens is 280 g/mol. The van der Waals surface area contributed by atoms with E-state index in [9.17, 15) is 0 Å². The van der Waals surface area contributed by atoms with Crippen molar-refractivity contribution in [3.63, 3.8) is 0 Å². The van der Waals surface area contributed by atoms with Crippen LogP contribution in [0.15, 0.2) is 54.7 Å². The Morgan fingerprint density at radius 2 is 1.52 bits per heavy atom. The summed E-state index contributed by atoms with van der Waals surface area (Å²) in [4.78, 5) is 9.34. The number of nitrogens with zero attached hydrogens (tertiary/aromatic N) is 2. The third-order valence-electron chi connectivity index (χ3n) is 4.56. The van der Waals surface area contributed by atoms with Gasteiger partial charge in [-0.3, -0.25) is 9.97 Å². The van der Waals surface area contributed by atoms with Crippen molar-refractivity contribution >= 4 is 21.7 Å². The maximum Gasteiger partial charge on any atom is 0.0712 e. The van der Waals surface area contributed by atoms with E-state index in [0.717, 1.165) is 22.5 Å². The van der Waals surface area contributed by atoms with Gasteiger partial charge in [0.1, 0.15) is 0 Å². The van der Waals surface area contributed by atoms with Gasteiger partial charge < -0.3 is 0 Å². The third-order valence-corrected chi connectivity index (χ3v) is 4.56. The molecule has 2 aromatic carbocycles. The Labute approximate surface area is 135 Å². The number of hydrogen-bond donors (Lipinski definition) is 0. The summed E-state index contributed by atoms with van der Waals surface area (Å²) >= 11 is 0. The Morgan fingerprint density at radius 1 is 0.739 bits per heavy atom. The maximum atomic E-state index is 4.75. The van der Waals surface area contributed by atoms with Crippen molar-refractivity contribution in [1.29, 1.82) is 0 Å². The van der Waals surface area contributed by atoms with E-state index >= 15 is 0 Å². The molecule has 112 valence electrons. The molecule has 0 atom stereocenters. The zero-order valence-corrected chi connectivity index (χ0v) is 13.6. The normalized spacial score (nSPS) is 11.3. The van der Waals surface area contributed by atoms with Crippen LogP contribution in [0.5, 0.6) is 0 Å². The van der Waals surface area contributed by atoms with Crippen LogP contribution in [0.25, 0.3) is 32.9 Å². The molecule has 0 aliphatic rings. The lowest BCUT2D eigenvalue weighted by Gasteiger charge is -2.09. The summed E-state index contributed by atoms with van der Waals surface area (Å²) in [5.41, 5.74) is 6.74. The van der Waals surface area contributed by atoms with Gasteiger partial charge >= 0.3 is 0 Å². The molecule has 0 N–H and O–H groups in total. The molecule has 2 nitrogen and oxygen atoms in total. The molecule has 2 heterocycles. The summed E-state index contributed by atoms with van der Waals surface area (Å²) < 4.78 is 0. The van der Waals surface area contributed by atoms with Gasteiger partial charge in [0.25, 0.3) is 0 Å². The highest BCUT2D eigenvalue weighted by atomic mass is 14.7. The van der Waals surface area contributed by atoms with Gasteiger partial charge in [-0.05, 0) is 55.5 Å². The van der Waals surface area contributed by atoms with E-state index in [4.69, 9.17) is 4.98 Å². The number of rotatable bonds is 1. The quantitative estimate of drug-likeness (QED) is 0.441. The van der Waals surface area contributed by atoms with E-state index in [1.54, 1.807) is 0 Å². The number of aryl methyl sites for hydroxylation is 3. The fourth-order valence-corrected chi connectivity index (χ4v) is 3.07. The lowest BCUT2D eigenvalue weighted by atomic mass is 10.0. The highest BCUT2D eigenvalue weighted by Crippen LogP contribution is 2.30. The van der Waals surface area contributed by atoms with Gasteiger partial charge in [0, 0.05) is 28.2 Å². The Bertz CT molecular complexity index is 1050. The van der Waals surface area contributed by atoms with Crippen LogP contribution in [0.2, 0.25) is 0 Å². The molecule has 0 saturated heterocycles. The van der Waals surface area contributed by atoms with E-state index in [0.29, 0.717) is 0 Å². The van der Waals surface area contributed by atoms with Crippen LogP contribution < -0.4 is 0 Å². The van der Waals surface area contributed by atoms with Crippen LogP contribution in [0.1, 0.15) is 16.8 Å². The minimum atomic E-state index is 1.01. The zero-order chi connectivity index (χ0) is 16.0. The minimum absolute atomic E-state index is 1.01. The van der Waals surface area contributed by atoms with Crippen LogP contribution >= 0.6 is 0 Å². The van der Waals surface area contributed by atoms with Gasteiger partial charge in [0.05, 0.1) is 11.2 Å². The first-order valence-electron chi connectivity index (χ1n) is 7.86. The topological polar surface area (TPSA) is 25.8 Å². The van der Waals surface area contributed by atoms with Gasteiger partial charge in [-0.25, -0.2) is 0 Å². The monoisotopic (exact) mass is 298 g/mol. The molecule has 23 heavy (non-hydrogen) atoms. The van der Waals surface area contributed by atoms with Crippen molar-refractivity contribution < 1.29 is 0 Å². The SMILES string of the molecule is Cc1cnc(-c2ccc3nc(C)c4ccccc4c3c2)cc1C. The van der Waals surface area contributed by atoms with Crippen LogP contribution in [0.3, 0.4) is 0 Å². The number of benzene rings is 2. The molecule has 0 aliphatic carbocycles. The Morgan fingerprint density at radius 3 is 2.30 bits per heavy atom. The summed E-state index contributed by atoms with van der Waals surface area (Å²) in [7, 11) is 0. The van der Waals surface area contributed by atoms with Crippen molar-refractivity contribution in [3.05, 3.63) is 71.5 Å². The van der Waals surface area contributed by atoms with Gasteiger partial charge in [-0.2, -0.15) is 0 Å². The van der Waals surface area contributed by atoms with Crippen molar-refractivity contribution in [1.82, 2.24) is 9.97 Å². The van der Waals surface area contributed by atoms with Gasteiger partial charge in [-0.1, -0.05) is 30.3 Å². The fourth-order valence-electron chi connectivity index (χ4n) is 3.07. The van der Waals surface area contributed by atoms with Crippen molar-refractivity contribution in [2.24, 2.45) is 0 Å². The second kappa shape index (κ2) is 5.17. The predicted molar refractivity (Wildman–Crippen MR) is 96.7 cm³/mol. The minimum Gasteiger partial charge on any atom is -0.256 e. The third kappa shape index (κ3) is 2.27. The molecule has 0 unspecified atom stereocenters. The van der Waals surface area contributed by atoms with Gasteiger partial charge in [0.15, 0.2) is 0 Å². The van der Waals surface area contributed by atoms with Gasteiger partial charge in [-0.15, -0.1) is 0 Å². The van der Waals surface area contributed by atoms with E-state index in [1.807, 2.05) is 6.20 Å². The van der Waals surface area contributed by atoms with Crippen molar-refractivity contribution in [3.8, 4) is 11.3 Å². The lowest BCUT2D eigenvalue weighted by molar-refractivity contribution is 1.22. The maximum absolute atomic E-state index is 4.75. The lowest BCUT2D eigenvalue weighted by Crippen LogP contribution is -1.91. The Kier molecular flexibility index (Phi) is 3.12. The first-order valence-corrected chi connectivity index (χ1v) is 7.86. The van der Waals surface area contributed by atoms with Crippen LogP contribution in [-0.2, 0) is 0 Å². The smallest absolute Gasteiger partial charge is 0.0712 e. The molecule has 0 amide bonds. The number of fused-ring (bicyclic) bond motifs is 3. The largest absolute Gasteiger partial charge is 0.256 e. The predicted octanol–water partition coefficient (Wildman–Crippen LogP) is 5.38. The van der Waals surface area contributed by atoms with Crippen molar-refractivity contribution in [2.45, 2.75) is 20.8 Å². The molecule has 0 aliphatic heterocycles. The molecule has 2 aromatic heterocycles. The summed E-state index contributed by atoms with van der Waals surface area (Å²) in [5, 5.41) is 3.65. The number of pyridine rings is 2. The number of hydrogen-bond acceptors (Lipinski definition) is 2. The molecular formula is C21H18N2. The van der Waals surface area contributed by atoms with Crippen LogP contribution in [-0.4, -0.2) is 9.97 Å². The summed E-state index contributed by atoms with van der Waals surface area (Å²) in [6.45, 7) is 6.29. The van der Waals surface area contributed by atoms with E-state index in [2.05, 4.69) is 74.3 Å². The van der Waals surface area contributed by atoms with E-state index < -0.39 is 0 Å². The van der Waals surface area contributed by atoms with E-state index in [-0.39, 0.29) is 0 Å². The molecule has 4 rings (SSSR count). The molecule has 4 aromatic rings. The first-order chi connectivity index (χ1) is 11.1. The molecule has 0 radical (unpaired) electrons. The second-order valence-electron chi connectivity index (χ2n) is 6.13. The standard InChI is InChI=1S/C21H18N2/c1-13-10-21(22-12-14(13)2)16-8-9-20-19(11-16)18-7-5-4-6-17(18)15(3)23-20/h4-12H,1-3H3. The highest BCUT2D eigenvalue weighted by molar-refractivity contribution is 6.07. The van der Waals surface area contributed by atoms with E-state index in [1.165, 1.54) is 27.3 Å². The van der Waals surface area contributed by atoms with Crippen LogP contribution in [0, 0.1) is 20.8 Å². The molecule has 0 fully saturated rings. The van der Waals surface area contributed by atoms with Crippen molar-refractivity contribution in [2.75, 3.05) is 0 Å². The first kappa shape index (κ1) is 13.9. The summed E-state index contributed by atoms with van der Waals surface area (Å²) in [5.74, 6) is 0. The van der Waals surface area contributed by atoms with Crippen LogP contribution in [0.4, 0.5) is 0 Å². The molecule has 2 heteroatoms. The molecule has 0 saturated carbocycles. The highest BCUT2D eigenvalue weighted by Gasteiger charge is 2.08. The average Bonchev–Trinajstić information content (AvgIpc) is 2.57. The number of aromatic nitrogens is 2. The summed E-state index contributed by atoms with van der Waals surface area (Å²) in [6.07, 6.45) is 1.94. The molecule has 0 bridgehead atoms. The zero-order valence-electron chi connectivity index (χ0n) is 13.6. The Balaban J connectivity index is 2.01. The second-order valence-corrected chi connectivity index (χ2v) is 6.13. The fraction of sp³-hybridized carbons (Fsp3) is 0.143. The average molecular weight is 298 g/mol. The molecule has 0 spiro atoms. The summed E-state index contributed by atoms with van der Waals surface area (Å²) in [6, 6.07) is 17.0.